The molecule has 0 saturated heterocycles. The van der Waals surface area contributed by atoms with Gasteiger partial charge in [-0.1, -0.05) is 0 Å². The quantitative estimate of drug-likeness (QED) is 0.513. The second kappa shape index (κ2) is 5.91. The second-order valence-electron chi connectivity index (χ2n) is 1.48. The summed E-state index contributed by atoms with van der Waals surface area (Å²) in [5.74, 6) is -0.319. The fourth-order valence-corrected chi connectivity index (χ4v) is 0.637. The first kappa shape index (κ1) is 12.8. The Labute approximate surface area is 66.7 Å². The van der Waals surface area contributed by atoms with Crippen LogP contribution in [0.3, 0.4) is 0 Å². The molecular weight excluding hydrogens is 180 g/mol. The fourth-order valence-electron chi connectivity index (χ4n) is 0.309. The normalized spacial score (nSPS) is 10.6. The van der Waals surface area contributed by atoms with Gasteiger partial charge in [-0.3, -0.25) is 4.55 Å². The van der Waals surface area contributed by atoms with Crippen molar-refractivity contribution in [2.75, 3.05) is 19.0 Å². The zero-order chi connectivity index (χ0) is 7.33. The maximum Gasteiger partial charge on any atom is 0.267 e. The van der Waals surface area contributed by atoms with Gasteiger partial charge in [0.25, 0.3) is 10.1 Å². The largest absolute Gasteiger partial charge is 0.381 e. The zero-order valence-corrected chi connectivity index (χ0v) is 7.24. The molecule has 1 N–H and O–H groups in total. The summed E-state index contributed by atoms with van der Waals surface area (Å²) in [5, 5.41) is 0. The first-order chi connectivity index (χ1) is 4.06. The molecule has 0 fully saturated rings. The van der Waals surface area contributed by atoms with Crippen LogP contribution in [0.5, 0.6) is 0 Å². The van der Waals surface area contributed by atoms with Crippen LogP contribution in [-0.4, -0.2) is 31.9 Å². The van der Waals surface area contributed by atoms with Crippen LogP contribution in [0.4, 0.5) is 0 Å². The van der Waals surface area contributed by atoms with E-state index in [-0.39, 0.29) is 24.8 Å². The maximum atomic E-state index is 9.98. The first-order valence-corrected chi connectivity index (χ1v) is 4.20. The van der Waals surface area contributed by atoms with Gasteiger partial charge in [-0.15, -0.1) is 12.4 Å². The van der Waals surface area contributed by atoms with Crippen molar-refractivity contribution >= 4 is 22.5 Å². The lowest BCUT2D eigenvalue weighted by Crippen LogP contribution is -2.10. The standard InChI is InChI=1S/C4H10O4S.ClH/c1-2-8-3-4-9(5,6)7;/h2-4H2,1H3,(H,5,6,7);1H. The van der Waals surface area contributed by atoms with Crippen LogP contribution in [0.1, 0.15) is 6.92 Å². The van der Waals surface area contributed by atoms with Gasteiger partial charge >= 0.3 is 0 Å². The van der Waals surface area contributed by atoms with Crippen LogP contribution < -0.4 is 0 Å². The smallest absolute Gasteiger partial charge is 0.267 e. The summed E-state index contributed by atoms with van der Waals surface area (Å²) in [5.41, 5.74) is 0. The van der Waals surface area contributed by atoms with Gasteiger partial charge in [0.05, 0.1) is 12.4 Å². The highest BCUT2D eigenvalue weighted by Gasteiger charge is 2.01. The van der Waals surface area contributed by atoms with Crippen molar-refractivity contribution in [1.82, 2.24) is 0 Å². The average molecular weight is 191 g/mol. The lowest BCUT2D eigenvalue weighted by molar-refractivity contribution is 0.162. The van der Waals surface area contributed by atoms with E-state index in [1.54, 1.807) is 6.92 Å². The SMILES string of the molecule is CCOCCS(=O)(=O)O.Cl. The molecule has 0 heterocycles. The second-order valence-corrected chi connectivity index (χ2v) is 3.06. The highest BCUT2D eigenvalue weighted by Crippen LogP contribution is 1.81. The molecule has 0 spiro atoms. The van der Waals surface area contributed by atoms with Crippen molar-refractivity contribution in [3.8, 4) is 0 Å². The highest BCUT2D eigenvalue weighted by atomic mass is 35.5. The Morgan fingerprint density at radius 2 is 2.00 bits per heavy atom. The minimum absolute atomic E-state index is 0. The molecule has 0 aliphatic heterocycles. The molecule has 0 bridgehead atoms. The fraction of sp³-hybridized carbons (Fsp3) is 1.00. The molecule has 6 heteroatoms. The summed E-state index contributed by atoms with van der Waals surface area (Å²) < 4.78 is 32.8. The molecule has 0 unspecified atom stereocenters. The third kappa shape index (κ3) is 11.0. The first-order valence-electron chi connectivity index (χ1n) is 2.59. The van der Waals surface area contributed by atoms with Crippen molar-refractivity contribution < 1.29 is 17.7 Å². The number of halogens is 1. The summed E-state index contributed by atoms with van der Waals surface area (Å²) in [6.45, 7) is 2.29. The van der Waals surface area contributed by atoms with Gasteiger partial charge in [-0.2, -0.15) is 8.42 Å². The van der Waals surface area contributed by atoms with Gasteiger partial charge in [0.2, 0.25) is 0 Å². The van der Waals surface area contributed by atoms with Crippen LogP contribution in [-0.2, 0) is 14.9 Å². The van der Waals surface area contributed by atoms with Gasteiger partial charge in [0.15, 0.2) is 0 Å². The van der Waals surface area contributed by atoms with Crippen LogP contribution in [0.2, 0.25) is 0 Å². The van der Waals surface area contributed by atoms with E-state index in [4.69, 9.17) is 4.55 Å². The lowest BCUT2D eigenvalue weighted by Gasteiger charge is -1.95. The third-order valence-corrected chi connectivity index (χ3v) is 1.37. The van der Waals surface area contributed by atoms with Gasteiger partial charge < -0.3 is 4.74 Å². The molecule has 0 radical (unpaired) electrons. The number of rotatable bonds is 4. The topological polar surface area (TPSA) is 63.6 Å². The van der Waals surface area contributed by atoms with Crippen molar-refractivity contribution in [3.05, 3.63) is 0 Å². The molecule has 0 amide bonds. The number of ether oxygens (including phenoxy) is 1. The Kier molecular flexibility index (Phi) is 7.56. The van der Waals surface area contributed by atoms with Gasteiger partial charge in [-0.05, 0) is 6.92 Å². The minimum atomic E-state index is -3.82. The van der Waals surface area contributed by atoms with Crippen molar-refractivity contribution in [3.63, 3.8) is 0 Å². The van der Waals surface area contributed by atoms with Gasteiger partial charge in [0, 0.05) is 6.61 Å². The van der Waals surface area contributed by atoms with Crippen molar-refractivity contribution in [2.24, 2.45) is 0 Å². The van der Waals surface area contributed by atoms with Crippen LogP contribution in [0.25, 0.3) is 0 Å². The minimum Gasteiger partial charge on any atom is -0.381 e. The maximum absolute atomic E-state index is 9.98. The van der Waals surface area contributed by atoms with E-state index in [0.29, 0.717) is 6.61 Å². The highest BCUT2D eigenvalue weighted by molar-refractivity contribution is 7.85. The molecule has 0 rings (SSSR count). The summed E-state index contributed by atoms with van der Waals surface area (Å²) >= 11 is 0. The number of hydrogen-bond acceptors (Lipinski definition) is 3. The summed E-state index contributed by atoms with van der Waals surface area (Å²) in [7, 11) is -3.82. The Hall–Kier alpha value is 0.160. The Morgan fingerprint density at radius 1 is 1.50 bits per heavy atom. The third-order valence-electron chi connectivity index (χ3n) is 0.690. The number of hydrogen-bond donors (Lipinski definition) is 1. The Bertz CT molecular complexity index is 153. The average Bonchev–Trinajstić information content (AvgIpc) is 1.63. The van der Waals surface area contributed by atoms with Crippen LogP contribution in [0.15, 0.2) is 0 Å². The monoisotopic (exact) mass is 190 g/mol. The molecule has 0 aromatic heterocycles. The summed E-state index contributed by atoms with van der Waals surface area (Å²) in [6, 6.07) is 0. The van der Waals surface area contributed by atoms with E-state index in [2.05, 4.69) is 4.74 Å². The van der Waals surface area contributed by atoms with Crippen LogP contribution in [0, 0.1) is 0 Å². The molecule has 0 aromatic carbocycles. The Morgan fingerprint density at radius 3 is 2.30 bits per heavy atom. The predicted octanol–water partition coefficient (Wildman–Crippen LogP) is 0.333. The van der Waals surface area contributed by atoms with E-state index >= 15 is 0 Å². The van der Waals surface area contributed by atoms with Crippen molar-refractivity contribution in [2.45, 2.75) is 6.92 Å². The van der Waals surface area contributed by atoms with E-state index in [0.717, 1.165) is 0 Å². The predicted molar refractivity (Wildman–Crippen MR) is 40.2 cm³/mol. The molecule has 0 aliphatic rings. The van der Waals surface area contributed by atoms with Crippen LogP contribution >= 0.6 is 12.4 Å². The Balaban J connectivity index is 0. The van der Waals surface area contributed by atoms with E-state index < -0.39 is 10.1 Å². The van der Waals surface area contributed by atoms with E-state index in [1.165, 1.54) is 0 Å². The summed E-state index contributed by atoms with van der Waals surface area (Å²) in [4.78, 5) is 0. The van der Waals surface area contributed by atoms with Gasteiger partial charge in [0.1, 0.15) is 0 Å². The molecule has 0 aliphatic carbocycles. The lowest BCUT2D eigenvalue weighted by atomic mass is 10.8. The molecule has 0 aromatic rings. The molecule has 0 atom stereocenters. The van der Waals surface area contributed by atoms with Gasteiger partial charge in [-0.25, -0.2) is 0 Å². The molecule has 0 saturated carbocycles. The zero-order valence-electron chi connectivity index (χ0n) is 5.61. The molecule has 64 valence electrons. The molecule has 10 heavy (non-hydrogen) atoms. The molecule has 4 nitrogen and oxygen atoms in total. The summed E-state index contributed by atoms with van der Waals surface area (Å²) in [6.07, 6.45) is 0. The van der Waals surface area contributed by atoms with E-state index in [9.17, 15) is 8.42 Å². The van der Waals surface area contributed by atoms with Crippen molar-refractivity contribution in [1.29, 1.82) is 0 Å². The molecular formula is C4H11ClO4S. The van der Waals surface area contributed by atoms with E-state index in [1.807, 2.05) is 0 Å².